The molecule has 1 rings (SSSR count). The van der Waals surface area contributed by atoms with Crippen molar-refractivity contribution in [2.45, 2.75) is 44.2 Å². The summed E-state index contributed by atoms with van der Waals surface area (Å²) in [6.07, 6.45) is -0.399. The second kappa shape index (κ2) is 4.86. The van der Waals surface area contributed by atoms with E-state index in [1.165, 1.54) is 6.92 Å². The van der Waals surface area contributed by atoms with Gasteiger partial charge in [-0.15, -0.1) is 0 Å². The average molecular weight is 302 g/mol. The van der Waals surface area contributed by atoms with Gasteiger partial charge in [-0.05, 0) is 12.8 Å². The molecule has 0 unspecified atom stereocenters. The molecular formula is C10H13F3O5S. The molecule has 0 saturated heterocycles. The van der Waals surface area contributed by atoms with Gasteiger partial charge in [0.05, 0.1) is 0 Å². The van der Waals surface area contributed by atoms with Crippen molar-refractivity contribution in [3.05, 3.63) is 0 Å². The predicted octanol–water partition coefficient (Wildman–Crippen LogP) is 1.57. The Kier molecular flexibility index (Phi) is 4.12. The molecule has 0 N–H and O–H groups in total. The Labute approximate surface area is 108 Å². The average Bonchev–Trinajstić information content (AvgIpc) is 2.42. The molecule has 19 heavy (non-hydrogen) atoms. The number of halogens is 3. The van der Waals surface area contributed by atoms with Crippen LogP contribution in [-0.4, -0.2) is 31.1 Å². The lowest BCUT2D eigenvalue weighted by atomic mass is 9.94. The molecule has 0 aromatic rings. The maximum atomic E-state index is 12.3. The van der Waals surface area contributed by atoms with Gasteiger partial charge in [-0.25, -0.2) is 4.18 Å². The first kappa shape index (κ1) is 16.1. The van der Waals surface area contributed by atoms with Crippen molar-refractivity contribution in [2.75, 3.05) is 0 Å². The largest absolute Gasteiger partial charge is 0.523 e. The number of carbonyl (C=O) groups excluding carboxylic acids is 2. The van der Waals surface area contributed by atoms with Gasteiger partial charge in [0.2, 0.25) is 11.6 Å². The Bertz CT molecular complexity index is 496. The standard InChI is InChI=1S/C10H13F3O5S/c1-3-4-9(5-6(2)7(14)8(9)15)18-19(16,17)10(11,12)13/h6H,3-5H2,1-2H3/t6-,9-/m1/s1. The number of hydrogen-bond acceptors (Lipinski definition) is 5. The van der Waals surface area contributed by atoms with Gasteiger partial charge in [-0.2, -0.15) is 21.6 Å². The third-order valence-corrected chi connectivity index (χ3v) is 4.03. The topological polar surface area (TPSA) is 77.5 Å². The summed E-state index contributed by atoms with van der Waals surface area (Å²) in [5.41, 5.74) is -7.83. The van der Waals surface area contributed by atoms with Crippen molar-refractivity contribution in [3.63, 3.8) is 0 Å². The molecule has 5 nitrogen and oxygen atoms in total. The van der Waals surface area contributed by atoms with Crippen LogP contribution in [0.2, 0.25) is 0 Å². The molecule has 0 aromatic heterocycles. The van der Waals surface area contributed by atoms with Crippen LogP contribution in [-0.2, 0) is 23.9 Å². The molecule has 9 heteroatoms. The Balaban J connectivity index is 3.18. The molecule has 0 bridgehead atoms. The molecule has 1 aliphatic carbocycles. The van der Waals surface area contributed by atoms with Crippen LogP contribution < -0.4 is 0 Å². The van der Waals surface area contributed by atoms with Gasteiger partial charge < -0.3 is 0 Å². The minimum absolute atomic E-state index is 0.207. The number of carbonyl (C=O) groups is 2. The normalized spacial score (nSPS) is 29.0. The van der Waals surface area contributed by atoms with Crippen molar-refractivity contribution >= 4 is 21.7 Å². The lowest BCUT2D eigenvalue weighted by Gasteiger charge is -2.26. The molecule has 0 aliphatic heterocycles. The van der Waals surface area contributed by atoms with E-state index in [0.717, 1.165) is 0 Å². The van der Waals surface area contributed by atoms with E-state index in [0.29, 0.717) is 0 Å². The van der Waals surface area contributed by atoms with Crippen molar-refractivity contribution in [1.29, 1.82) is 0 Å². The molecule has 0 radical (unpaired) electrons. The first-order valence-corrected chi connectivity index (χ1v) is 6.98. The van der Waals surface area contributed by atoms with Gasteiger partial charge in [0.1, 0.15) is 0 Å². The van der Waals surface area contributed by atoms with Crippen LogP contribution in [0.25, 0.3) is 0 Å². The molecule has 1 saturated carbocycles. The number of ketones is 2. The summed E-state index contributed by atoms with van der Waals surface area (Å²) in [4.78, 5) is 23.2. The molecule has 0 spiro atoms. The number of hydrogen-bond donors (Lipinski definition) is 0. The van der Waals surface area contributed by atoms with E-state index in [1.54, 1.807) is 6.92 Å². The zero-order valence-electron chi connectivity index (χ0n) is 10.3. The predicted molar refractivity (Wildman–Crippen MR) is 57.5 cm³/mol. The molecule has 1 aliphatic rings. The van der Waals surface area contributed by atoms with Gasteiger partial charge in [-0.1, -0.05) is 20.3 Å². The fourth-order valence-corrected chi connectivity index (χ4v) is 2.86. The van der Waals surface area contributed by atoms with Crippen molar-refractivity contribution in [2.24, 2.45) is 5.92 Å². The quantitative estimate of drug-likeness (QED) is 0.447. The monoisotopic (exact) mass is 302 g/mol. The fraction of sp³-hybridized carbons (Fsp3) is 0.800. The highest BCUT2D eigenvalue weighted by Crippen LogP contribution is 2.40. The number of rotatable bonds is 4. The van der Waals surface area contributed by atoms with Crippen LogP contribution in [0.1, 0.15) is 33.1 Å². The molecule has 2 atom stereocenters. The molecular weight excluding hydrogens is 289 g/mol. The highest BCUT2D eigenvalue weighted by molar-refractivity contribution is 7.87. The maximum absolute atomic E-state index is 12.3. The summed E-state index contributed by atoms with van der Waals surface area (Å²) >= 11 is 0. The SMILES string of the molecule is CCC[C@@]1(OS(=O)(=O)C(F)(F)F)C[C@@H](C)C(=O)C1=O. The van der Waals surface area contributed by atoms with Gasteiger partial charge in [0.15, 0.2) is 5.60 Å². The first-order valence-electron chi connectivity index (χ1n) is 5.57. The van der Waals surface area contributed by atoms with E-state index in [-0.39, 0.29) is 19.3 Å². The Morgan fingerprint density at radius 3 is 2.21 bits per heavy atom. The van der Waals surface area contributed by atoms with Crippen LogP contribution >= 0.6 is 0 Å². The van der Waals surface area contributed by atoms with E-state index < -0.39 is 38.7 Å². The lowest BCUT2D eigenvalue weighted by molar-refractivity contribution is -0.143. The van der Waals surface area contributed by atoms with Gasteiger partial charge >= 0.3 is 15.6 Å². The molecule has 0 aromatic carbocycles. The maximum Gasteiger partial charge on any atom is 0.523 e. The summed E-state index contributed by atoms with van der Waals surface area (Å²) in [6.45, 7) is 2.90. The summed E-state index contributed by atoms with van der Waals surface area (Å²) in [6, 6.07) is 0. The lowest BCUT2D eigenvalue weighted by Crippen LogP contribution is -2.44. The van der Waals surface area contributed by atoms with E-state index >= 15 is 0 Å². The summed E-state index contributed by atoms with van der Waals surface area (Å²) in [7, 11) is -5.91. The Morgan fingerprint density at radius 1 is 1.37 bits per heavy atom. The second-order valence-corrected chi connectivity index (χ2v) is 6.06. The molecule has 0 amide bonds. The number of Topliss-reactive ketones (excluding diaryl/α,β-unsaturated/α-hetero) is 2. The van der Waals surface area contributed by atoms with E-state index in [4.69, 9.17) is 0 Å². The van der Waals surface area contributed by atoms with Crippen LogP contribution in [0, 0.1) is 5.92 Å². The molecule has 0 heterocycles. The van der Waals surface area contributed by atoms with Crippen molar-refractivity contribution in [1.82, 2.24) is 0 Å². The van der Waals surface area contributed by atoms with Gasteiger partial charge in [0, 0.05) is 5.92 Å². The highest BCUT2D eigenvalue weighted by Gasteiger charge is 2.59. The van der Waals surface area contributed by atoms with Gasteiger partial charge in [-0.3, -0.25) is 9.59 Å². The highest BCUT2D eigenvalue weighted by atomic mass is 32.2. The minimum atomic E-state index is -5.91. The Morgan fingerprint density at radius 2 is 1.89 bits per heavy atom. The third-order valence-electron chi connectivity index (χ3n) is 2.93. The zero-order valence-corrected chi connectivity index (χ0v) is 11.1. The third kappa shape index (κ3) is 2.81. The fourth-order valence-electron chi connectivity index (χ4n) is 2.12. The van der Waals surface area contributed by atoms with E-state index in [9.17, 15) is 31.2 Å². The minimum Gasteiger partial charge on any atom is -0.290 e. The second-order valence-electron chi connectivity index (χ2n) is 4.53. The zero-order chi connectivity index (χ0) is 15.1. The van der Waals surface area contributed by atoms with Crippen molar-refractivity contribution in [3.8, 4) is 0 Å². The van der Waals surface area contributed by atoms with E-state index in [2.05, 4.69) is 4.18 Å². The van der Waals surface area contributed by atoms with Crippen LogP contribution in [0.15, 0.2) is 0 Å². The van der Waals surface area contributed by atoms with Crippen molar-refractivity contribution < 1.29 is 35.4 Å². The first-order chi connectivity index (χ1) is 8.47. The van der Waals surface area contributed by atoms with Crippen LogP contribution in [0.5, 0.6) is 0 Å². The molecule has 110 valence electrons. The Hall–Kier alpha value is -0.960. The van der Waals surface area contributed by atoms with Crippen LogP contribution in [0.4, 0.5) is 13.2 Å². The van der Waals surface area contributed by atoms with E-state index in [1.807, 2.05) is 0 Å². The summed E-state index contributed by atoms with van der Waals surface area (Å²) in [5.74, 6) is -2.94. The van der Waals surface area contributed by atoms with Crippen LogP contribution in [0.3, 0.4) is 0 Å². The molecule has 1 fully saturated rings. The smallest absolute Gasteiger partial charge is 0.290 e. The summed E-state index contributed by atoms with van der Waals surface area (Å²) in [5, 5.41) is 0. The summed E-state index contributed by atoms with van der Waals surface area (Å²) < 4.78 is 63.1. The van der Waals surface area contributed by atoms with Gasteiger partial charge in [0.25, 0.3) is 0 Å². The number of alkyl halides is 3.